The van der Waals surface area contributed by atoms with Crippen LogP contribution in [-0.2, 0) is 0 Å². The molecule has 1 amide bonds. The van der Waals surface area contributed by atoms with Gasteiger partial charge in [0.1, 0.15) is 0 Å². The van der Waals surface area contributed by atoms with Crippen molar-refractivity contribution in [1.82, 2.24) is 9.88 Å². The van der Waals surface area contributed by atoms with Gasteiger partial charge in [0.05, 0.1) is 5.56 Å². The molecule has 1 saturated heterocycles. The second-order valence-corrected chi connectivity index (χ2v) is 4.49. The Labute approximate surface area is 95.8 Å². The van der Waals surface area contributed by atoms with Gasteiger partial charge in [0.25, 0.3) is 5.91 Å². The van der Waals surface area contributed by atoms with Crippen LogP contribution in [0.3, 0.4) is 0 Å². The summed E-state index contributed by atoms with van der Waals surface area (Å²) in [6.07, 6.45) is 3.88. The Morgan fingerprint density at radius 2 is 2.25 bits per heavy atom. The minimum absolute atomic E-state index is 0.147. The lowest BCUT2D eigenvalue weighted by Crippen LogP contribution is -2.40. The van der Waals surface area contributed by atoms with E-state index in [1.165, 1.54) is 0 Å². The average Bonchev–Trinajstić information content (AvgIpc) is 2.75. The molecule has 4 heteroatoms. The van der Waals surface area contributed by atoms with Gasteiger partial charge in [-0.25, -0.2) is 0 Å². The first-order valence-electron chi connectivity index (χ1n) is 5.85. The number of nitrogens with two attached hydrogens (primary N) is 1. The van der Waals surface area contributed by atoms with Gasteiger partial charge in [0, 0.05) is 25.0 Å². The van der Waals surface area contributed by atoms with Crippen molar-refractivity contribution < 1.29 is 4.79 Å². The molecule has 0 aliphatic carbocycles. The first-order chi connectivity index (χ1) is 7.72. The lowest BCUT2D eigenvalue weighted by atomic mass is 9.96. The van der Waals surface area contributed by atoms with Crippen molar-refractivity contribution >= 4 is 5.91 Å². The fourth-order valence-corrected chi connectivity index (χ4v) is 2.23. The number of carbonyl (C=O) groups excluding carboxylic acids is 1. The number of piperidine rings is 1. The summed E-state index contributed by atoms with van der Waals surface area (Å²) in [4.78, 5) is 17.1. The quantitative estimate of drug-likeness (QED) is 0.786. The molecule has 1 aliphatic heterocycles. The summed E-state index contributed by atoms with van der Waals surface area (Å²) in [6.45, 7) is 4.35. The van der Waals surface area contributed by atoms with E-state index in [-0.39, 0.29) is 5.91 Å². The molecule has 3 N–H and O–H groups in total. The molecule has 4 nitrogen and oxygen atoms in total. The van der Waals surface area contributed by atoms with Crippen LogP contribution in [0, 0.1) is 12.8 Å². The number of aromatic nitrogens is 1. The Bertz CT molecular complexity index is 364. The zero-order chi connectivity index (χ0) is 11.5. The van der Waals surface area contributed by atoms with Crippen molar-refractivity contribution in [2.45, 2.75) is 19.8 Å². The van der Waals surface area contributed by atoms with Crippen molar-refractivity contribution in [3.8, 4) is 0 Å². The highest BCUT2D eigenvalue weighted by Crippen LogP contribution is 2.18. The van der Waals surface area contributed by atoms with Crippen molar-refractivity contribution in [2.24, 2.45) is 11.7 Å². The largest absolute Gasteiger partial charge is 0.365 e. The molecule has 1 aromatic heterocycles. The summed E-state index contributed by atoms with van der Waals surface area (Å²) < 4.78 is 0. The molecule has 16 heavy (non-hydrogen) atoms. The van der Waals surface area contributed by atoms with E-state index in [1.807, 2.05) is 24.1 Å². The lowest BCUT2D eigenvalue weighted by Gasteiger charge is -2.31. The second-order valence-electron chi connectivity index (χ2n) is 4.49. The Hall–Kier alpha value is -1.29. The molecule has 1 aliphatic rings. The highest BCUT2D eigenvalue weighted by molar-refractivity contribution is 5.95. The predicted molar refractivity (Wildman–Crippen MR) is 63.2 cm³/mol. The molecule has 0 bridgehead atoms. The monoisotopic (exact) mass is 221 g/mol. The number of aromatic amines is 1. The van der Waals surface area contributed by atoms with Crippen LogP contribution in [0.5, 0.6) is 0 Å². The third-order valence-corrected chi connectivity index (χ3v) is 3.42. The van der Waals surface area contributed by atoms with Crippen LogP contribution in [0.15, 0.2) is 12.3 Å². The van der Waals surface area contributed by atoms with Crippen molar-refractivity contribution in [3.63, 3.8) is 0 Å². The molecular weight excluding hydrogens is 202 g/mol. The van der Waals surface area contributed by atoms with Crippen LogP contribution in [0.1, 0.15) is 28.9 Å². The molecule has 0 atom stereocenters. The fraction of sp³-hybridized carbons (Fsp3) is 0.583. The first-order valence-corrected chi connectivity index (χ1v) is 5.85. The molecule has 2 heterocycles. The number of likely N-dealkylation sites (tertiary alicyclic amines) is 1. The Morgan fingerprint density at radius 1 is 1.56 bits per heavy atom. The molecule has 0 spiro atoms. The van der Waals surface area contributed by atoms with Crippen LogP contribution in [-0.4, -0.2) is 35.4 Å². The van der Waals surface area contributed by atoms with Crippen LogP contribution in [0.25, 0.3) is 0 Å². The summed E-state index contributed by atoms with van der Waals surface area (Å²) >= 11 is 0. The topological polar surface area (TPSA) is 62.1 Å². The van der Waals surface area contributed by atoms with Gasteiger partial charge in [-0.3, -0.25) is 4.79 Å². The number of amides is 1. The zero-order valence-corrected chi connectivity index (χ0v) is 9.70. The summed E-state index contributed by atoms with van der Waals surface area (Å²) in [7, 11) is 0. The molecule has 0 aromatic carbocycles. The number of rotatable bonds is 2. The molecule has 88 valence electrons. The smallest absolute Gasteiger partial charge is 0.255 e. The Kier molecular flexibility index (Phi) is 3.29. The van der Waals surface area contributed by atoms with Gasteiger partial charge < -0.3 is 15.6 Å². The fourth-order valence-electron chi connectivity index (χ4n) is 2.23. The highest BCUT2D eigenvalue weighted by Gasteiger charge is 2.23. The molecule has 0 radical (unpaired) electrons. The standard InChI is InChI=1S/C12H19N3O/c1-9-11(2-5-14-9)12(16)15-6-3-10(8-13)4-7-15/h2,5,10,14H,3-4,6-8,13H2,1H3. The van der Waals surface area contributed by atoms with Gasteiger partial charge in [0.15, 0.2) is 0 Å². The first kappa shape index (κ1) is 11.2. The zero-order valence-electron chi connectivity index (χ0n) is 9.70. The number of nitrogens with one attached hydrogen (secondary N) is 1. The molecule has 0 unspecified atom stereocenters. The van der Waals surface area contributed by atoms with Crippen molar-refractivity contribution in [2.75, 3.05) is 19.6 Å². The number of carbonyl (C=O) groups is 1. The van der Waals surface area contributed by atoms with E-state index in [9.17, 15) is 4.79 Å². The third-order valence-electron chi connectivity index (χ3n) is 3.42. The third kappa shape index (κ3) is 2.11. The molecular formula is C12H19N3O. The van der Waals surface area contributed by atoms with E-state index in [1.54, 1.807) is 0 Å². The summed E-state index contributed by atoms with van der Waals surface area (Å²) in [6, 6.07) is 1.85. The van der Waals surface area contributed by atoms with E-state index in [2.05, 4.69) is 4.98 Å². The van der Waals surface area contributed by atoms with E-state index in [4.69, 9.17) is 5.73 Å². The van der Waals surface area contributed by atoms with Crippen molar-refractivity contribution in [1.29, 1.82) is 0 Å². The van der Waals surface area contributed by atoms with Crippen LogP contribution < -0.4 is 5.73 Å². The maximum atomic E-state index is 12.2. The molecule has 0 saturated carbocycles. The summed E-state index contributed by atoms with van der Waals surface area (Å²) in [5, 5.41) is 0. The SMILES string of the molecule is Cc1[nH]ccc1C(=O)N1CCC(CN)CC1. The van der Waals surface area contributed by atoms with Gasteiger partial charge in [-0.2, -0.15) is 0 Å². The van der Waals surface area contributed by atoms with E-state index >= 15 is 0 Å². The maximum Gasteiger partial charge on any atom is 0.255 e. The van der Waals surface area contributed by atoms with Gasteiger partial charge in [-0.15, -0.1) is 0 Å². The van der Waals surface area contributed by atoms with E-state index in [0.717, 1.165) is 43.7 Å². The highest BCUT2D eigenvalue weighted by atomic mass is 16.2. The second kappa shape index (κ2) is 4.70. The van der Waals surface area contributed by atoms with Crippen LogP contribution >= 0.6 is 0 Å². The number of nitrogens with zero attached hydrogens (tertiary/aromatic N) is 1. The Morgan fingerprint density at radius 3 is 2.75 bits per heavy atom. The normalized spacial score (nSPS) is 17.8. The maximum absolute atomic E-state index is 12.2. The predicted octanol–water partition coefficient (Wildman–Crippen LogP) is 1.13. The van der Waals surface area contributed by atoms with Gasteiger partial charge >= 0.3 is 0 Å². The Balaban J connectivity index is 2.00. The molecule has 2 rings (SSSR count). The number of hydrogen-bond donors (Lipinski definition) is 2. The minimum atomic E-state index is 0.147. The van der Waals surface area contributed by atoms with Gasteiger partial charge in [0.2, 0.25) is 0 Å². The van der Waals surface area contributed by atoms with Crippen LogP contribution in [0.2, 0.25) is 0 Å². The van der Waals surface area contributed by atoms with Gasteiger partial charge in [-0.05, 0) is 38.3 Å². The molecule has 1 aromatic rings. The lowest BCUT2D eigenvalue weighted by molar-refractivity contribution is 0.0693. The van der Waals surface area contributed by atoms with Crippen LogP contribution in [0.4, 0.5) is 0 Å². The summed E-state index contributed by atoms with van der Waals surface area (Å²) in [5.74, 6) is 0.741. The summed E-state index contributed by atoms with van der Waals surface area (Å²) in [5.41, 5.74) is 7.38. The number of hydrogen-bond acceptors (Lipinski definition) is 2. The average molecular weight is 221 g/mol. The van der Waals surface area contributed by atoms with Gasteiger partial charge in [-0.1, -0.05) is 0 Å². The van der Waals surface area contributed by atoms with E-state index in [0.29, 0.717) is 5.92 Å². The number of H-pyrrole nitrogens is 1. The van der Waals surface area contributed by atoms with Crippen molar-refractivity contribution in [3.05, 3.63) is 23.5 Å². The molecule has 1 fully saturated rings. The number of aryl methyl sites for hydroxylation is 1. The van der Waals surface area contributed by atoms with E-state index < -0.39 is 0 Å². The minimum Gasteiger partial charge on any atom is -0.365 e.